The van der Waals surface area contributed by atoms with Gasteiger partial charge in [-0.15, -0.1) is 13.2 Å². The summed E-state index contributed by atoms with van der Waals surface area (Å²) in [4.78, 5) is 4.41. The molecule has 0 saturated heterocycles. The molecule has 1 aromatic heterocycles. The highest BCUT2D eigenvalue weighted by Crippen LogP contribution is 2.31. The lowest BCUT2D eigenvalue weighted by Crippen LogP contribution is -2.19. The summed E-state index contributed by atoms with van der Waals surface area (Å²) in [5, 5.41) is 1.02. The molecule has 0 aliphatic heterocycles. The molecule has 0 radical (unpaired) electrons. The van der Waals surface area contributed by atoms with Crippen LogP contribution in [-0.4, -0.2) is 18.5 Å². The maximum Gasteiger partial charge on any atom is 0.573 e. The Kier molecular flexibility index (Phi) is 6.98. The number of aromatic nitrogens is 1. The van der Waals surface area contributed by atoms with Crippen LogP contribution in [0.5, 0.6) is 5.75 Å². The van der Waals surface area contributed by atoms with Crippen molar-refractivity contribution < 1.29 is 35.8 Å². The van der Waals surface area contributed by atoms with Gasteiger partial charge in [-0.1, -0.05) is 30.3 Å². The zero-order valence-electron chi connectivity index (χ0n) is 18.4. The Morgan fingerprint density at radius 3 is 2.20 bits per heavy atom. The molecule has 0 unspecified atom stereocenters. The molecule has 35 heavy (non-hydrogen) atoms. The van der Waals surface area contributed by atoms with Gasteiger partial charge >= 0.3 is 6.36 Å². The highest BCUT2D eigenvalue weighted by Gasteiger charge is 2.34. The van der Waals surface area contributed by atoms with E-state index in [1.807, 2.05) is 18.2 Å². The van der Waals surface area contributed by atoms with Gasteiger partial charge in [-0.25, -0.2) is 13.2 Å². The van der Waals surface area contributed by atoms with Crippen molar-refractivity contribution in [3.63, 3.8) is 0 Å². The first-order valence-electron chi connectivity index (χ1n) is 10.5. The lowest BCUT2D eigenvalue weighted by atomic mass is 9.98. The maximum atomic E-state index is 15.1. The summed E-state index contributed by atoms with van der Waals surface area (Å²) >= 11 is 0. The Morgan fingerprint density at radius 2 is 1.57 bits per heavy atom. The molecule has 4 rings (SSSR count). The fourth-order valence-electron chi connectivity index (χ4n) is 3.79. The Morgan fingerprint density at radius 1 is 0.829 bits per heavy atom. The number of rotatable bonds is 7. The van der Waals surface area contributed by atoms with Crippen molar-refractivity contribution in [2.45, 2.75) is 25.8 Å². The summed E-state index contributed by atoms with van der Waals surface area (Å²) < 4.78 is 88.4. The number of methoxy groups -OCH3 is 1. The van der Waals surface area contributed by atoms with Crippen LogP contribution in [0, 0.1) is 17.5 Å². The van der Waals surface area contributed by atoms with E-state index in [0.29, 0.717) is 22.9 Å². The van der Waals surface area contributed by atoms with Crippen LogP contribution in [0.1, 0.15) is 16.7 Å². The average Bonchev–Trinajstić information content (AvgIpc) is 2.81. The molecule has 0 spiro atoms. The molecule has 0 bridgehead atoms. The number of aryl methyl sites for hydroxylation is 2. The molecule has 9 heteroatoms. The molecule has 0 fully saturated rings. The Bertz CT molecular complexity index is 1330. The Balaban J connectivity index is 1.53. The van der Waals surface area contributed by atoms with Gasteiger partial charge in [-0.3, -0.25) is 4.98 Å². The van der Waals surface area contributed by atoms with E-state index in [9.17, 15) is 22.0 Å². The van der Waals surface area contributed by atoms with Crippen molar-refractivity contribution in [3.05, 3.63) is 94.9 Å². The van der Waals surface area contributed by atoms with E-state index in [4.69, 9.17) is 4.74 Å². The van der Waals surface area contributed by atoms with E-state index in [1.165, 1.54) is 0 Å². The lowest BCUT2D eigenvalue weighted by molar-refractivity contribution is -0.276. The fraction of sp³-hybridized carbons (Fsp3) is 0.192. The fourth-order valence-corrected chi connectivity index (χ4v) is 3.79. The number of hydrogen-bond acceptors (Lipinski definition) is 3. The number of fused-ring (bicyclic) bond motifs is 1. The number of halogens is 6. The van der Waals surface area contributed by atoms with E-state index < -0.39 is 29.6 Å². The van der Waals surface area contributed by atoms with Gasteiger partial charge in [0.25, 0.3) is 0 Å². The van der Waals surface area contributed by atoms with Gasteiger partial charge in [-0.05, 0) is 59.2 Å². The molecule has 182 valence electrons. The molecule has 0 atom stereocenters. The summed E-state index contributed by atoms with van der Waals surface area (Å²) in [5.74, 6) is -4.95. The molecule has 0 amide bonds. The number of nitrogens with zero attached hydrogens (tertiary/aromatic N) is 1. The van der Waals surface area contributed by atoms with Gasteiger partial charge in [0.1, 0.15) is 5.82 Å². The molecule has 1 heterocycles. The van der Waals surface area contributed by atoms with Gasteiger partial charge in [0.15, 0.2) is 11.6 Å². The van der Waals surface area contributed by atoms with Crippen LogP contribution in [0.25, 0.3) is 22.0 Å². The van der Waals surface area contributed by atoms with Crippen molar-refractivity contribution in [1.82, 2.24) is 4.98 Å². The van der Waals surface area contributed by atoms with Crippen molar-refractivity contribution in [1.29, 1.82) is 0 Å². The average molecular weight is 491 g/mol. The standard InChI is InChI=1S/C26H19F6NO2/c1-34-14-16-3-9-23(33-13-16)19-7-8-20-18(12-19)6-5-17(24(20)29)4-2-15-10-21(27)25(22(28)11-15)35-26(30,31)32/h3,5-13H,2,4,14H2,1H3. The SMILES string of the molecule is COCc1ccc(-c2ccc3c(F)c(CCc4cc(F)c(OC(F)(F)F)c(F)c4)ccc3c2)nc1. The first kappa shape index (κ1) is 24.5. The Labute approximate surface area is 196 Å². The van der Waals surface area contributed by atoms with Gasteiger partial charge in [0.2, 0.25) is 5.75 Å². The molecule has 0 aliphatic rings. The van der Waals surface area contributed by atoms with Gasteiger partial charge in [0, 0.05) is 24.3 Å². The van der Waals surface area contributed by atoms with E-state index in [-0.39, 0.29) is 18.4 Å². The third kappa shape index (κ3) is 5.74. The number of benzene rings is 3. The smallest absolute Gasteiger partial charge is 0.399 e. The van der Waals surface area contributed by atoms with Crippen LogP contribution < -0.4 is 4.74 Å². The van der Waals surface area contributed by atoms with Crippen LogP contribution in [0.4, 0.5) is 26.3 Å². The second-order valence-corrected chi connectivity index (χ2v) is 7.90. The molecule has 4 aromatic rings. The summed E-state index contributed by atoms with van der Waals surface area (Å²) in [6, 6.07) is 13.7. The molecule has 0 aliphatic carbocycles. The maximum absolute atomic E-state index is 15.1. The van der Waals surface area contributed by atoms with E-state index >= 15 is 4.39 Å². The minimum Gasteiger partial charge on any atom is -0.399 e. The summed E-state index contributed by atoms with van der Waals surface area (Å²) in [6.07, 6.45) is -3.41. The first-order valence-corrected chi connectivity index (χ1v) is 10.5. The monoisotopic (exact) mass is 491 g/mol. The van der Waals surface area contributed by atoms with Crippen molar-refractivity contribution in [3.8, 4) is 17.0 Å². The highest BCUT2D eigenvalue weighted by atomic mass is 19.4. The van der Waals surface area contributed by atoms with Gasteiger partial charge < -0.3 is 9.47 Å². The van der Waals surface area contributed by atoms with Crippen LogP contribution >= 0.6 is 0 Å². The summed E-state index contributed by atoms with van der Waals surface area (Å²) in [5.41, 5.74) is 2.84. The van der Waals surface area contributed by atoms with Crippen LogP contribution in [-0.2, 0) is 24.2 Å². The topological polar surface area (TPSA) is 31.4 Å². The second kappa shape index (κ2) is 9.95. The second-order valence-electron chi connectivity index (χ2n) is 7.90. The lowest BCUT2D eigenvalue weighted by Gasteiger charge is -2.12. The van der Waals surface area contributed by atoms with Crippen LogP contribution in [0.15, 0.2) is 60.8 Å². The largest absolute Gasteiger partial charge is 0.573 e. The predicted molar refractivity (Wildman–Crippen MR) is 118 cm³/mol. The summed E-state index contributed by atoms with van der Waals surface area (Å²) in [7, 11) is 1.60. The summed E-state index contributed by atoms with van der Waals surface area (Å²) in [6.45, 7) is 0.448. The molecule has 3 aromatic carbocycles. The third-order valence-electron chi connectivity index (χ3n) is 5.42. The number of alkyl halides is 3. The van der Waals surface area contributed by atoms with E-state index in [1.54, 1.807) is 37.6 Å². The number of hydrogen-bond donors (Lipinski definition) is 0. The van der Waals surface area contributed by atoms with Crippen LogP contribution in [0.3, 0.4) is 0 Å². The highest BCUT2D eigenvalue weighted by molar-refractivity contribution is 5.88. The van der Waals surface area contributed by atoms with Crippen molar-refractivity contribution in [2.75, 3.05) is 7.11 Å². The number of pyridine rings is 1. The number of ether oxygens (including phenoxy) is 2. The van der Waals surface area contributed by atoms with E-state index in [2.05, 4.69) is 9.72 Å². The molecular weight excluding hydrogens is 472 g/mol. The van der Waals surface area contributed by atoms with E-state index in [0.717, 1.165) is 29.0 Å². The normalized spacial score (nSPS) is 11.7. The molecule has 0 N–H and O–H groups in total. The molecular formula is C26H19F6NO2. The third-order valence-corrected chi connectivity index (χ3v) is 5.42. The quantitative estimate of drug-likeness (QED) is 0.257. The van der Waals surface area contributed by atoms with Crippen LogP contribution in [0.2, 0.25) is 0 Å². The Hall–Kier alpha value is -3.59. The molecule has 0 saturated carbocycles. The zero-order chi connectivity index (χ0) is 25.2. The minimum absolute atomic E-state index is 0.0123. The zero-order valence-corrected chi connectivity index (χ0v) is 18.4. The van der Waals surface area contributed by atoms with Gasteiger partial charge in [-0.2, -0.15) is 0 Å². The van der Waals surface area contributed by atoms with Gasteiger partial charge in [0.05, 0.1) is 12.3 Å². The van der Waals surface area contributed by atoms with Crippen molar-refractivity contribution >= 4 is 10.8 Å². The van der Waals surface area contributed by atoms with Crippen molar-refractivity contribution in [2.24, 2.45) is 0 Å². The molecule has 3 nitrogen and oxygen atoms in total. The predicted octanol–water partition coefficient (Wildman–Crippen LogP) is 7.15. The minimum atomic E-state index is -5.22. The first-order chi connectivity index (χ1) is 16.6.